The molecular weight excluding hydrogens is 338 g/mol. The Labute approximate surface area is 152 Å². The maximum absolute atomic E-state index is 12.6. The molecule has 0 saturated carbocycles. The van der Waals surface area contributed by atoms with Crippen LogP contribution in [-0.4, -0.2) is 29.4 Å². The van der Waals surface area contributed by atoms with Gasteiger partial charge in [0.25, 0.3) is 0 Å². The van der Waals surface area contributed by atoms with E-state index in [4.69, 9.17) is 11.6 Å². The number of amides is 3. The summed E-state index contributed by atoms with van der Waals surface area (Å²) in [6.07, 6.45) is 1.45. The van der Waals surface area contributed by atoms with E-state index in [-0.39, 0.29) is 11.9 Å². The number of para-hydroxylation sites is 1. The first-order chi connectivity index (χ1) is 12.1. The van der Waals surface area contributed by atoms with Gasteiger partial charge >= 0.3 is 6.03 Å². The van der Waals surface area contributed by atoms with E-state index in [0.29, 0.717) is 23.7 Å². The molecule has 2 aromatic rings. The fraction of sp³-hybridized carbons (Fsp3) is 0.263. The van der Waals surface area contributed by atoms with E-state index in [2.05, 4.69) is 10.6 Å². The second-order valence-electron chi connectivity index (χ2n) is 6.05. The first-order valence-corrected chi connectivity index (χ1v) is 8.62. The largest absolute Gasteiger partial charge is 0.324 e. The molecule has 130 valence electrons. The fourth-order valence-corrected chi connectivity index (χ4v) is 3.13. The number of hydrogen-bond donors (Lipinski definition) is 2. The standard InChI is InChI=1S/C19H20ClN3O2/c1-13-15(20)9-5-10-16(13)22-19(25)23-12-6-11-17(23)18(24)21-14-7-3-2-4-8-14/h2-5,7-10,17H,6,11-12H2,1H3,(H,21,24)(H,22,25)/t17-/m1/s1. The van der Waals surface area contributed by atoms with Crippen molar-refractivity contribution in [2.45, 2.75) is 25.8 Å². The highest BCUT2D eigenvalue weighted by molar-refractivity contribution is 6.31. The number of likely N-dealkylation sites (tertiary alicyclic amines) is 1. The number of carbonyl (C=O) groups is 2. The highest BCUT2D eigenvalue weighted by Crippen LogP contribution is 2.25. The van der Waals surface area contributed by atoms with E-state index in [0.717, 1.165) is 17.7 Å². The van der Waals surface area contributed by atoms with Crippen LogP contribution < -0.4 is 10.6 Å². The minimum atomic E-state index is -0.473. The van der Waals surface area contributed by atoms with Crippen LogP contribution in [0.3, 0.4) is 0 Å². The Kier molecular flexibility index (Phi) is 5.24. The minimum absolute atomic E-state index is 0.165. The van der Waals surface area contributed by atoms with Gasteiger partial charge in [-0.1, -0.05) is 35.9 Å². The lowest BCUT2D eigenvalue weighted by atomic mass is 10.2. The summed E-state index contributed by atoms with van der Waals surface area (Å²) in [5.41, 5.74) is 2.19. The molecule has 0 bridgehead atoms. The van der Waals surface area contributed by atoms with Crippen LogP contribution in [0.5, 0.6) is 0 Å². The van der Waals surface area contributed by atoms with Crippen molar-refractivity contribution in [3.8, 4) is 0 Å². The quantitative estimate of drug-likeness (QED) is 0.861. The van der Waals surface area contributed by atoms with Crippen LogP contribution >= 0.6 is 11.6 Å². The highest BCUT2D eigenvalue weighted by Gasteiger charge is 2.34. The van der Waals surface area contributed by atoms with Crippen LogP contribution in [0.2, 0.25) is 5.02 Å². The van der Waals surface area contributed by atoms with Crippen molar-refractivity contribution in [2.75, 3.05) is 17.2 Å². The Morgan fingerprint density at radius 1 is 1.08 bits per heavy atom. The third-order valence-corrected chi connectivity index (χ3v) is 4.78. The molecule has 1 fully saturated rings. The SMILES string of the molecule is Cc1c(Cl)cccc1NC(=O)N1CCC[C@@H]1C(=O)Nc1ccccc1. The van der Waals surface area contributed by atoms with Gasteiger partial charge in [0.2, 0.25) is 5.91 Å². The molecule has 0 radical (unpaired) electrons. The first-order valence-electron chi connectivity index (χ1n) is 8.25. The number of benzene rings is 2. The average molecular weight is 358 g/mol. The average Bonchev–Trinajstić information content (AvgIpc) is 3.10. The molecule has 0 unspecified atom stereocenters. The zero-order valence-corrected chi connectivity index (χ0v) is 14.7. The van der Waals surface area contributed by atoms with Gasteiger partial charge in [0.15, 0.2) is 0 Å². The lowest BCUT2D eigenvalue weighted by molar-refractivity contribution is -0.119. The minimum Gasteiger partial charge on any atom is -0.324 e. The molecule has 1 heterocycles. The summed E-state index contributed by atoms with van der Waals surface area (Å²) in [7, 11) is 0. The van der Waals surface area contributed by atoms with Crippen molar-refractivity contribution in [1.29, 1.82) is 0 Å². The van der Waals surface area contributed by atoms with Gasteiger partial charge in [0, 0.05) is 22.9 Å². The number of urea groups is 1. The van der Waals surface area contributed by atoms with Crippen LogP contribution in [0.15, 0.2) is 48.5 Å². The summed E-state index contributed by atoms with van der Waals surface area (Å²) in [5, 5.41) is 6.33. The topological polar surface area (TPSA) is 61.4 Å². The van der Waals surface area contributed by atoms with E-state index in [1.807, 2.05) is 37.3 Å². The number of carbonyl (C=O) groups excluding carboxylic acids is 2. The van der Waals surface area contributed by atoms with Gasteiger partial charge in [0.1, 0.15) is 6.04 Å². The van der Waals surface area contributed by atoms with E-state index in [9.17, 15) is 9.59 Å². The first kappa shape index (κ1) is 17.3. The van der Waals surface area contributed by atoms with Gasteiger partial charge in [-0.3, -0.25) is 4.79 Å². The van der Waals surface area contributed by atoms with Crippen LogP contribution in [0.1, 0.15) is 18.4 Å². The molecule has 5 nitrogen and oxygen atoms in total. The Bertz CT molecular complexity index is 779. The number of anilines is 2. The van der Waals surface area contributed by atoms with Crippen LogP contribution in [-0.2, 0) is 4.79 Å². The predicted molar refractivity (Wildman–Crippen MR) is 100 cm³/mol. The summed E-state index contributed by atoms with van der Waals surface area (Å²) in [6.45, 7) is 2.40. The van der Waals surface area contributed by atoms with E-state index >= 15 is 0 Å². The van der Waals surface area contributed by atoms with Crippen molar-refractivity contribution in [1.82, 2.24) is 4.90 Å². The number of halogens is 1. The zero-order valence-electron chi connectivity index (χ0n) is 14.0. The lowest BCUT2D eigenvalue weighted by Crippen LogP contribution is -2.45. The number of rotatable bonds is 3. The normalized spacial score (nSPS) is 16.6. The van der Waals surface area contributed by atoms with Gasteiger partial charge in [-0.2, -0.15) is 0 Å². The molecule has 1 aliphatic rings. The van der Waals surface area contributed by atoms with Gasteiger partial charge in [0.05, 0.1) is 0 Å². The Morgan fingerprint density at radius 2 is 1.84 bits per heavy atom. The van der Waals surface area contributed by atoms with Crippen LogP contribution in [0.4, 0.5) is 16.2 Å². The molecule has 1 saturated heterocycles. The van der Waals surface area contributed by atoms with Crippen LogP contribution in [0.25, 0.3) is 0 Å². The summed E-state index contributed by atoms with van der Waals surface area (Å²) in [6, 6.07) is 13.9. The summed E-state index contributed by atoms with van der Waals surface area (Å²) in [5.74, 6) is -0.165. The number of hydrogen-bond acceptors (Lipinski definition) is 2. The van der Waals surface area contributed by atoms with Crippen molar-refractivity contribution in [2.24, 2.45) is 0 Å². The molecule has 6 heteroatoms. The molecule has 1 aliphatic heterocycles. The fourth-order valence-electron chi connectivity index (χ4n) is 2.96. The molecule has 2 aromatic carbocycles. The zero-order chi connectivity index (χ0) is 17.8. The monoisotopic (exact) mass is 357 g/mol. The smallest absolute Gasteiger partial charge is 0.322 e. The molecule has 2 N–H and O–H groups in total. The van der Waals surface area contributed by atoms with Crippen molar-refractivity contribution >= 4 is 34.9 Å². The number of nitrogens with zero attached hydrogens (tertiary/aromatic N) is 1. The maximum atomic E-state index is 12.6. The molecule has 0 spiro atoms. The molecule has 1 atom stereocenters. The molecule has 0 aromatic heterocycles. The third kappa shape index (κ3) is 3.94. The van der Waals surface area contributed by atoms with E-state index in [1.54, 1.807) is 23.1 Å². The lowest BCUT2D eigenvalue weighted by Gasteiger charge is -2.24. The molecule has 0 aliphatic carbocycles. The summed E-state index contributed by atoms with van der Waals surface area (Å²) < 4.78 is 0. The highest BCUT2D eigenvalue weighted by atomic mass is 35.5. The Hall–Kier alpha value is -2.53. The third-order valence-electron chi connectivity index (χ3n) is 4.37. The summed E-state index contributed by atoms with van der Waals surface area (Å²) >= 11 is 6.10. The van der Waals surface area contributed by atoms with Crippen molar-refractivity contribution < 1.29 is 9.59 Å². The van der Waals surface area contributed by atoms with Gasteiger partial charge < -0.3 is 15.5 Å². The second kappa shape index (κ2) is 7.57. The van der Waals surface area contributed by atoms with E-state index < -0.39 is 6.04 Å². The Morgan fingerprint density at radius 3 is 2.60 bits per heavy atom. The van der Waals surface area contributed by atoms with Gasteiger partial charge in [-0.25, -0.2) is 4.79 Å². The van der Waals surface area contributed by atoms with E-state index in [1.165, 1.54) is 0 Å². The second-order valence-corrected chi connectivity index (χ2v) is 6.46. The molecule has 3 amide bonds. The van der Waals surface area contributed by atoms with Crippen LogP contribution in [0, 0.1) is 6.92 Å². The molecular formula is C19H20ClN3O2. The van der Waals surface area contributed by atoms with Gasteiger partial charge in [-0.15, -0.1) is 0 Å². The van der Waals surface area contributed by atoms with Crippen molar-refractivity contribution in [3.63, 3.8) is 0 Å². The summed E-state index contributed by atoms with van der Waals surface area (Å²) in [4.78, 5) is 26.8. The maximum Gasteiger partial charge on any atom is 0.322 e. The van der Waals surface area contributed by atoms with Crippen molar-refractivity contribution in [3.05, 3.63) is 59.1 Å². The van der Waals surface area contributed by atoms with Gasteiger partial charge in [-0.05, 0) is 49.6 Å². The Balaban J connectivity index is 1.69. The predicted octanol–water partition coefficient (Wildman–Crippen LogP) is 4.28. The molecule has 3 rings (SSSR count). The number of nitrogens with one attached hydrogen (secondary N) is 2. The molecule has 25 heavy (non-hydrogen) atoms.